The van der Waals surface area contributed by atoms with Crippen molar-refractivity contribution in [3.63, 3.8) is 0 Å². The number of carboxylic acids is 1. The molecule has 6 N–H and O–H groups in total. The Balaban J connectivity index is 0.000000339. The molecule has 4 rings (SSSR count). The van der Waals surface area contributed by atoms with E-state index in [1.165, 1.54) is 9.80 Å². The molecule has 0 unspecified atom stereocenters. The summed E-state index contributed by atoms with van der Waals surface area (Å²) >= 11 is 0. The Labute approximate surface area is 346 Å². The van der Waals surface area contributed by atoms with Gasteiger partial charge in [-0.1, -0.05) is 53.7 Å². The van der Waals surface area contributed by atoms with Crippen molar-refractivity contribution >= 4 is 47.1 Å². The Kier molecular flexibility index (Phi) is 20.5. The highest BCUT2D eigenvalue weighted by molar-refractivity contribution is 6.38. The molecule has 2 aliphatic rings. The van der Waals surface area contributed by atoms with Crippen LogP contribution in [0.1, 0.15) is 117 Å². The molecule has 17 heteroatoms. The average Bonchev–Trinajstić information content (AvgIpc) is 3.26. The van der Waals surface area contributed by atoms with Gasteiger partial charge in [0, 0.05) is 61.5 Å². The van der Waals surface area contributed by atoms with Crippen LogP contribution in [0.25, 0.3) is 0 Å². The van der Waals surface area contributed by atoms with Gasteiger partial charge in [-0.15, -0.1) is 0 Å². The van der Waals surface area contributed by atoms with Gasteiger partial charge in [-0.25, -0.2) is 10.6 Å². The molecule has 0 bridgehead atoms. The maximum atomic E-state index is 12.7. The molecule has 0 aromatic carbocycles. The fraction of sp³-hybridized carbons (Fsp3) is 0.571. The number of pyridine rings is 2. The molecule has 0 spiro atoms. The summed E-state index contributed by atoms with van der Waals surface area (Å²) in [6.45, 7) is 11.3. The van der Waals surface area contributed by atoms with Crippen LogP contribution < -0.4 is 22.1 Å². The molecule has 0 radical (unpaired) electrons. The van der Waals surface area contributed by atoms with Crippen LogP contribution in [-0.2, 0) is 51.2 Å². The minimum atomic E-state index is -1.02. The van der Waals surface area contributed by atoms with Gasteiger partial charge in [0.05, 0.1) is 0 Å². The molecule has 2 aliphatic heterocycles. The lowest BCUT2D eigenvalue weighted by molar-refractivity contribution is -0.158. The van der Waals surface area contributed by atoms with E-state index in [1.54, 1.807) is 58.5 Å². The number of carboxylic acid groups (broad SMARTS) is 1. The number of nitrogens with one attached hydrogen (secondary N) is 3. The van der Waals surface area contributed by atoms with Gasteiger partial charge in [0.2, 0.25) is 23.4 Å². The summed E-state index contributed by atoms with van der Waals surface area (Å²) in [4.78, 5) is 106. The maximum Gasteiger partial charge on any atom is 0.326 e. The second kappa shape index (κ2) is 24.4. The number of carbonyl (C=O) groups excluding carboxylic acids is 7. The van der Waals surface area contributed by atoms with Crippen molar-refractivity contribution in [3.8, 4) is 0 Å². The average molecular weight is 823 g/mol. The predicted molar refractivity (Wildman–Crippen MR) is 218 cm³/mol. The molecular weight excluding hydrogens is 761 g/mol. The number of ketones is 2. The van der Waals surface area contributed by atoms with Crippen LogP contribution in [0.2, 0.25) is 0 Å². The van der Waals surface area contributed by atoms with E-state index in [1.807, 2.05) is 32.0 Å². The number of nitrogens with zero attached hydrogens (tertiary/aromatic N) is 4. The molecule has 17 nitrogen and oxygen atoms in total. The van der Waals surface area contributed by atoms with Gasteiger partial charge in [0.25, 0.3) is 17.7 Å². The van der Waals surface area contributed by atoms with Crippen molar-refractivity contribution in [1.29, 1.82) is 0 Å². The first-order chi connectivity index (χ1) is 27.9. The summed E-state index contributed by atoms with van der Waals surface area (Å²) in [6.07, 6.45) is 13.6. The maximum absolute atomic E-state index is 12.7. The standard InChI is InChI=1S/C21H30N4O4.C13H21NO4.C8H11N3O/c1-4-21(2,3)18(27)20(29)25-13-6-5-9-16(25)19(28)24-23-17(26)11-10-15-8-7-12-22-14-15;1-4-13(2,3)10(15)11(16)14-8-6-5-7-9(14)12(17)18;9-11-8(12)4-3-7-2-1-5-10-6-7/h7-8,12,14,16H,4-6,9-11,13H2,1-3H3,(H,23,26)(H,24,28);9H,4-8H2,1-3H3,(H,17,18);1-2,5-6H,3-4,9H2,(H,11,12)/t16-;9-;/m00./s1. The number of likely N-dealkylation sites (tertiary alicyclic amines) is 2. The van der Waals surface area contributed by atoms with E-state index < -0.39 is 58.2 Å². The van der Waals surface area contributed by atoms with Crippen molar-refractivity contribution in [3.05, 3.63) is 60.2 Å². The monoisotopic (exact) mass is 822 g/mol. The van der Waals surface area contributed by atoms with Gasteiger partial charge < -0.3 is 14.9 Å². The number of carbonyl (C=O) groups is 8. The Morgan fingerprint density at radius 1 is 0.695 bits per heavy atom. The van der Waals surface area contributed by atoms with Crippen LogP contribution in [0.5, 0.6) is 0 Å². The lowest BCUT2D eigenvalue weighted by atomic mass is 9.84. The number of nitrogens with two attached hydrogens (primary N) is 1. The first-order valence-electron chi connectivity index (χ1n) is 20.2. The second-order valence-corrected chi connectivity index (χ2v) is 15.8. The quantitative estimate of drug-likeness (QED) is 0.0799. The van der Waals surface area contributed by atoms with Crippen LogP contribution in [-0.4, -0.2) is 97.1 Å². The Hall–Kier alpha value is -5.58. The van der Waals surface area contributed by atoms with E-state index in [-0.39, 0.29) is 18.2 Å². The lowest BCUT2D eigenvalue weighted by Gasteiger charge is -2.35. The van der Waals surface area contributed by atoms with E-state index in [2.05, 4.69) is 26.2 Å². The molecular formula is C42H62N8O9. The summed E-state index contributed by atoms with van der Waals surface area (Å²) < 4.78 is 0. The molecule has 2 fully saturated rings. The molecule has 0 aliphatic carbocycles. The number of Topliss-reactive ketones (excluding diaryl/α,β-unsaturated/α-hetero) is 2. The highest BCUT2D eigenvalue weighted by Crippen LogP contribution is 2.26. The first kappa shape index (κ1) is 49.6. The smallest absolute Gasteiger partial charge is 0.326 e. The summed E-state index contributed by atoms with van der Waals surface area (Å²) in [7, 11) is 0. The van der Waals surface area contributed by atoms with Crippen molar-refractivity contribution < 1.29 is 43.5 Å². The van der Waals surface area contributed by atoms with Crippen molar-refractivity contribution in [2.75, 3.05) is 13.1 Å². The second-order valence-electron chi connectivity index (χ2n) is 15.8. The van der Waals surface area contributed by atoms with Crippen LogP contribution in [0, 0.1) is 10.8 Å². The Bertz CT molecular complexity index is 1740. The highest BCUT2D eigenvalue weighted by atomic mass is 16.4. The molecule has 5 amide bonds. The molecule has 324 valence electrons. The van der Waals surface area contributed by atoms with Crippen molar-refractivity contribution in [1.82, 2.24) is 36.0 Å². The summed E-state index contributed by atoms with van der Waals surface area (Å²) in [6, 6.07) is 5.84. The number of piperidine rings is 2. The SMILES string of the molecule is CCC(C)(C)C(=O)C(=O)N1CCCC[C@H]1C(=O)NNC(=O)CCc1cccnc1.CCC(C)(C)C(=O)C(=O)N1CCCC[C@H]1C(=O)O.NNC(=O)CCc1cccnc1. The van der Waals surface area contributed by atoms with Gasteiger partial charge in [-0.2, -0.15) is 0 Å². The summed E-state index contributed by atoms with van der Waals surface area (Å²) in [5, 5.41) is 9.09. The summed E-state index contributed by atoms with van der Waals surface area (Å²) in [5.41, 5.74) is 7.36. The van der Waals surface area contributed by atoms with Gasteiger partial charge in [-0.05, 0) is 87.5 Å². The minimum absolute atomic E-state index is 0.154. The molecule has 2 aromatic heterocycles. The zero-order chi connectivity index (χ0) is 44.2. The third-order valence-electron chi connectivity index (χ3n) is 10.7. The Morgan fingerprint density at radius 2 is 1.14 bits per heavy atom. The molecule has 0 saturated carbocycles. The minimum Gasteiger partial charge on any atom is -0.480 e. The lowest BCUT2D eigenvalue weighted by Crippen LogP contribution is -2.57. The summed E-state index contributed by atoms with van der Waals surface area (Å²) in [5.74, 6) is 0.689. The number of hydrazine groups is 2. The van der Waals surface area contributed by atoms with Gasteiger partial charge in [-0.3, -0.25) is 59.8 Å². The van der Waals surface area contributed by atoms with Crippen LogP contribution in [0.4, 0.5) is 0 Å². The van der Waals surface area contributed by atoms with Gasteiger partial charge >= 0.3 is 5.97 Å². The van der Waals surface area contributed by atoms with E-state index in [0.717, 1.165) is 36.8 Å². The molecule has 4 heterocycles. The van der Waals surface area contributed by atoms with E-state index in [0.29, 0.717) is 58.0 Å². The third kappa shape index (κ3) is 15.9. The van der Waals surface area contributed by atoms with E-state index in [4.69, 9.17) is 10.9 Å². The number of aryl methyl sites for hydroxylation is 2. The zero-order valence-electron chi connectivity index (χ0n) is 35.3. The number of aliphatic carboxylic acids is 1. The molecule has 2 aromatic rings. The predicted octanol–water partition coefficient (Wildman–Crippen LogP) is 3.01. The largest absolute Gasteiger partial charge is 0.480 e. The van der Waals surface area contributed by atoms with Crippen LogP contribution >= 0.6 is 0 Å². The van der Waals surface area contributed by atoms with E-state index in [9.17, 15) is 38.4 Å². The topological polar surface area (TPSA) is 251 Å². The van der Waals surface area contributed by atoms with Gasteiger partial charge in [0.15, 0.2) is 0 Å². The first-order valence-corrected chi connectivity index (χ1v) is 20.2. The van der Waals surface area contributed by atoms with Crippen LogP contribution in [0.3, 0.4) is 0 Å². The number of hydrogen-bond acceptors (Lipinski definition) is 11. The molecule has 2 atom stereocenters. The highest BCUT2D eigenvalue weighted by Gasteiger charge is 2.41. The normalized spacial score (nSPS) is 16.5. The Morgan fingerprint density at radius 3 is 1.54 bits per heavy atom. The van der Waals surface area contributed by atoms with Crippen molar-refractivity contribution in [2.45, 2.75) is 131 Å². The zero-order valence-corrected chi connectivity index (χ0v) is 35.3. The van der Waals surface area contributed by atoms with Crippen molar-refractivity contribution in [2.24, 2.45) is 16.7 Å². The van der Waals surface area contributed by atoms with E-state index >= 15 is 0 Å². The number of aromatic nitrogens is 2. The fourth-order valence-electron chi connectivity index (χ4n) is 6.00. The molecule has 59 heavy (non-hydrogen) atoms. The van der Waals surface area contributed by atoms with Gasteiger partial charge in [0.1, 0.15) is 12.1 Å². The van der Waals surface area contributed by atoms with Crippen LogP contribution in [0.15, 0.2) is 49.1 Å². The number of rotatable bonds is 14. The number of amides is 5. The third-order valence-corrected chi connectivity index (χ3v) is 10.7. The fourth-order valence-corrected chi connectivity index (χ4v) is 6.00. The number of hydrogen-bond donors (Lipinski definition) is 5. The molecule has 2 saturated heterocycles.